The van der Waals surface area contributed by atoms with Crippen LogP contribution >= 0.6 is 0 Å². The minimum absolute atomic E-state index is 0.0267. The van der Waals surface area contributed by atoms with Crippen molar-refractivity contribution in [2.75, 3.05) is 42.2 Å². The molecule has 2 aromatic heterocycles. The standard InChI is InChI=1S/C22H23FN10O3/c1-3-26-19-20-27-10-13(9-25)33(20)30-21(29-19)28-14-6-12(8-24)7-16(18(14)23)32-5-4-15(17(34)11-32)31(2)22(35)36/h6-7,10,15,17,34H,3-5,11H2,1-2H3,(H,35,36)(H2,26,28,29,30)/t15-,17+/m1/s1. The van der Waals surface area contributed by atoms with Gasteiger partial charge in [-0.15, -0.1) is 5.10 Å². The Morgan fingerprint density at radius 2 is 2.14 bits per heavy atom. The summed E-state index contributed by atoms with van der Waals surface area (Å²) in [4.78, 5) is 22.4. The van der Waals surface area contributed by atoms with Crippen molar-refractivity contribution in [1.82, 2.24) is 24.5 Å². The third-order valence-corrected chi connectivity index (χ3v) is 5.94. The molecule has 1 fully saturated rings. The zero-order valence-electron chi connectivity index (χ0n) is 19.5. The normalized spacial score (nSPS) is 17.3. The van der Waals surface area contributed by atoms with Gasteiger partial charge in [-0.1, -0.05) is 0 Å². The first-order valence-corrected chi connectivity index (χ1v) is 11.1. The number of fused-ring (bicyclic) bond motifs is 1. The molecule has 3 aromatic rings. The summed E-state index contributed by atoms with van der Waals surface area (Å²) in [6, 6.07) is 6.02. The number of likely N-dealkylation sites (N-methyl/N-ethyl adjacent to an activating group) is 1. The van der Waals surface area contributed by atoms with Crippen LogP contribution in [-0.2, 0) is 0 Å². The number of carbonyl (C=O) groups is 1. The molecule has 3 heterocycles. The number of nitriles is 2. The Kier molecular flexibility index (Phi) is 6.71. The second-order valence-electron chi connectivity index (χ2n) is 8.16. The quantitative estimate of drug-likeness (QED) is 0.392. The van der Waals surface area contributed by atoms with Gasteiger partial charge in [0.2, 0.25) is 5.95 Å². The number of β-amino-alcohol motifs (C(OH)–C–C–N with tert-alkyl or cyclic N) is 1. The van der Waals surface area contributed by atoms with E-state index in [0.717, 1.165) is 4.90 Å². The number of anilines is 4. The third kappa shape index (κ3) is 4.49. The smallest absolute Gasteiger partial charge is 0.407 e. The van der Waals surface area contributed by atoms with E-state index in [1.165, 1.54) is 29.9 Å². The van der Waals surface area contributed by atoms with Crippen LogP contribution in [0.4, 0.5) is 32.3 Å². The molecule has 4 rings (SSSR count). The largest absolute Gasteiger partial charge is 0.465 e. The van der Waals surface area contributed by atoms with Crippen molar-refractivity contribution >= 4 is 34.9 Å². The van der Waals surface area contributed by atoms with Crippen LogP contribution in [0.5, 0.6) is 0 Å². The van der Waals surface area contributed by atoms with Gasteiger partial charge in [0.1, 0.15) is 6.07 Å². The number of nitrogens with one attached hydrogen (secondary N) is 2. The fourth-order valence-corrected chi connectivity index (χ4v) is 4.14. The lowest BCUT2D eigenvalue weighted by molar-refractivity contribution is 0.0496. The summed E-state index contributed by atoms with van der Waals surface area (Å²) in [5, 5.41) is 48.7. The number of hydrogen-bond donors (Lipinski definition) is 4. The molecular formula is C22H23FN10O3. The molecule has 2 atom stereocenters. The predicted octanol–water partition coefficient (Wildman–Crippen LogP) is 1.73. The number of benzene rings is 1. The van der Waals surface area contributed by atoms with Crippen LogP contribution in [0.15, 0.2) is 18.3 Å². The van der Waals surface area contributed by atoms with Crippen molar-refractivity contribution in [3.8, 4) is 12.1 Å². The summed E-state index contributed by atoms with van der Waals surface area (Å²) in [5.41, 5.74) is 0.629. The van der Waals surface area contributed by atoms with Gasteiger partial charge in [0.25, 0.3) is 0 Å². The molecule has 1 aromatic carbocycles. The highest BCUT2D eigenvalue weighted by Gasteiger charge is 2.34. The molecule has 1 aliphatic rings. The molecule has 36 heavy (non-hydrogen) atoms. The second-order valence-corrected chi connectivity index (χ2v) is 8.16. The van der Waals surface area contributed by atoms with Crippen molar-refractivity contribution in [3.05, 3.63) is 35.4 Å². The van der Waals surface area contributed by atoms with Crippen molar-refractivity contribution in [1.29, 1.82) is 10.5 Å². The van der Waals surface area contributed by atoms with Gasteiger partial charge < -0.3 is 30.6 Å². The Balaban J connectivity index is 1.69. The maximum Gasteiger partial charge on any atom is 0.407 e. The number of aromatic nitrogens is 4. The molecule has 13 nitrogen and oxygen atoms in total. The highest BCUT2D eigenvalue weighted by atomic mass is 19.1. The zero-order chi connectivity index (χ0) is 26.0. The third-order valence-electron chi connectivity index (χ3n) is 5.94. The molecule has 0 saturated carbocycles. The second kappa shape index (κ2) is 9.89. The van der Waals surface area contributed by atoms with Crippen molar-refractivity contribution in [2.45, 2.75) is 25.5 Å². The van der Waals surface area contributed by atoms with Gasteiger partial charge >= 0.3 is 6.09 Å². The zero-order valence-corrected chi connectivity index (χ0v) is 19.5. The van der Waals surface area contributed by atoms with Crippen LogP contribution in [0.2, 0.25) is 0 Å². The minimum Gasteiger partial charge on any atom is -0.465 e. The molecule has 0 aliphatic carbocycles. The summed E-state index contributed by atoms with van der Waals surface area (Å²) < 4.78 is 17.0. The van der Waals surface area contributed by atoms with E-state index in [9.17, 15) is 25.5 Å². The summed E-state index contributed by atoms with van der Waals surface area (Å²) >= 11 is 0. The Morgan fingerprint density at radius 3 is 2.78 bits per heavy atom. The number of imidazole rings is 1. The van der Waals surface area contributed by atoms with Crippen molar-refractivity contribution < 1.29 is 19.4 Å². The van der Waals surface area contributed by atoms with Crippen LogP contribution in [0.3, 0.4) is 0 Å². The van der Waals surface area contributed by atoms with Gasteiger partial charge in [-0.2, -0.15) is 20.0 Å². The van der Waals surface area contributed by atoms with Crippen LogP contribution in [0.25, 0.3) is 5.65 Å². The average molecular weight is 494 g/mol. The van der Waals surface area contributed by atoms with Crippen LogP contribution < -0.4 is 15.5 Å². The summed E-state index contributed by atoms with van der Waals surface area (Å²) in [6.45, 7) is 2.60. The highest BCUT2D eigenvalue weighted by Crippen LogP contribution is 2.32. The Morgan fingerprint density at radius 1 is 1.36 bits per heavy atom. The number of halogens is 1. The maximum absolute atomic E-state index is 15.7. The van der Waals surface area contributed by atoms with Crippen LogP contribution in [0, 0.1) is 28.5 Å². The van der Waals surface area contributed by atoms with Gasteiger partial charge in [-0.05, 0) is 25.5 Å². The summed E-state index contributed by atoms with van der Waals surface area (Å²) in [7, 11) is 1.38. The molecule has 4 N–H and O–H groups in total. The van der Waals surface area contributed by atoms with E-state index in [1.807, 2.05) is 19.1 Å². The lowest BCUT2D eigenvalue weighted by atomic mass is 9.99. The molecule has 186 valence electrons. The number of nitrogens with zero attached hydrogens (tertiary/aromatic N) is 8. The van der Waals surface area contributed by atoms with Crippen molar-refractivity contribution in [2.24, 2.45) is 0 Å². The van der Waals surface area contributed by atoms with E-state index in [2.05, 4.69) is 25.7 Å². The number of amides is 1. The number of rotatable bonds is 6. The summed E-state index contributed by atoms with van der Waals surface area (Å²) in [5.74, 6) is -0.401. The number of aliphatic hydroxyl groups excluding tert-OH is 1. The summed E-state index contributed by atoms with van der Waals surface area (Å²) in [6.07, 6.45) is -0.601. The number of piperidine rings is 1. The molecule has 1 saturated heterocycles. The first kappa shape index (κ1) is 24.4. The van der Waals surface area contributed by atoms with Gasteiger partial charge in [0.05, 0.1) is 41.4 Å². The SMILES string of the molecule is CCNc1nc(Nc2cc(C#N)cc(N3CC[C@@H](N(C)C(=O)O)[C@@H](O)C3)c2F)nn2c(C#N)cnc12. The molecule has 1 amide bonds. The highest BCUT2D eigenvalue weighted by molar-refractivity contribution is 5.70. The van der Waals surface area contributed by atoms with Gasteiger partial charge in [0, 0.05) is 26.7 Å². The van der Waals surface area contributed by atoms with Gasteiger partial charge in [0.15, 0.2) is 23.0 Å². The van der Waals surface area contributed by atoms with Crippen LogP contribution in [-0.4, -0.2) is 79.6 Å². The Bertz CT molecular complexity index is 1400. The molecule has 0 spiro atoms. The number of aliphatic hydroxyl groups is 1. The molecule has 0 radical (unpaired) electrons. The topological polar surface area (TPSA) is 179 Å². The van der Waals surface area contributed by atoms with Gasteiger partial charge in [-0.25, -0.2) is 14.2 Å². The van der Waals surface area contributed by atoms with E-state index in [-0.39, 0.29) is 48.1 Å². The lowest BCUT2D eigenvalue weighted by Gasteiger charge is -2.40. The van der Waals surface area contributed by atoms with E-state index in [0.29, 0.717) is 18.0 Å². The molecule has 0 bridgehead atoms. The first-order valence-electron chi connectivity index (χ1n) is 11.1. The fourth-order valence-electron chi connectivity index (χ4n) is 4.14. The fraction of sp³-hybridized carbons (Fsp3) is 0.364. The Labute approximate surface area is 205 Å². The number of carboxylic acid groups (broad SMARTS) is 1. The molecular weight excluding hydrogens is 471 g/mol. The monoisotopic (exact) mass is 494 g/mol. The van der Waals surface area contributed by atoms with E-state index in [4.69, 9.17) is 0 Å². The average Bonchev–Trinajstić information content (AvgIpc) is 3.28. The molecule has 14 heteroatoms. The maximum atomic E-state index is 15.7. The van der Waals surface area contributed by atoms with Crippen molar-refractivity contribution in [3.63, 3.8) is 0 Å². The molecule has 1 aliphatic heterocycles. The molecule has 0 unspecified atom stereocenters. The van der Waals surface area contributed by atoms with E-state index >= 15 is 4.39 Å². The van der Waals surface area contributed by atoms with E-state index in [1.54, 1.807) is 4.90 Å². The van der Waals surface area contributed by atoms with Crippen LogP contribution in [0.1, 0.15) is 24.6 Å². The van der Waals surface area contributed by atoms with E-state index < -0.39 is 24.1 Å². The first-order chi connectivity index (χ1) is 17.3. The minimum atomic E-state index is -1.16. The lowest BCUT2D eigenvalue weighted by Crippen LogP contribution is -2.54. The Hall–Kier alpha value is -4.69. The van der Waals surface area contributed by atoms with Gasteiger partial charge in [-0.3, -0.25) is 0 Å². The number of hydrogen-bond acceptors (Lipinski definition) is 10. The predicted molar refractivity (Wildman–Crippen MR) is 126 cm³/mol.